The smallest absolute Gasteiger partial charge is 0.496 e. The molecule has 0 saturated heterocycles. The Kier molecular flexibility index (Phi) is 5.15. The van der Waals surface area contributed by atoms with Crippen molar-refractivity contribution in [2.75, 3.05) is 7.11 Å². The molecule has 0 spiro atoms. The van der Waals surface area contributed by atoms with Crippen molar-refractivity contribution in [2.45, 2.75) is 58.3 Å². The van der Waals surface area contributed by atoms with Crippen molar-refractivity contribution in [2.24, 2.45) is 0 Å². The number of aryl methyl sites for hydroxylation is 1. The average molecular weight is 438 g/mol. The lowest BCUT2D eigenvalue weighted by Crippen LogP contribution is -2.34. The third-order valence-corrected chi connectivity index (χ3v) is 6.83. The van der Waals surface area contributed by atoms with Gasteiger partial charge in [0.1, 0.15) is 17.8 Å². The van der Waals surface area contributed by atoms with Gasteiger partial charge in [-0.25, -0.2) is 4.39 Å². The van der Waals surface area contributed by atoms with Gasteiger partial charge < -0.3 is 9.84 Å². The molecule has 1 aliphatic heterocycles. The molecule has 0 aromatic heterocycles. The second-order valence-electron chi connectivity index (χ2n) is 10.0. The largest absolute Gasteiger partial charge is 0.503 e. The molecule has 0 saturated carbocycles. The van der Waals surface area contributed by atoms with Crippen molar-refractivity contribution in [3.63, 3.8) is 0 Å². The molecule has 2 aromatic rings. The third kappa shape index (κ3) is 3.57. The predicted octanol–water partition coefficient (Wildman–Crippen LogP) is 5.67. The first-order valence-electron chi connectivity index (χ1n) is 10.8. The van der Waals surface area contributed by atoms with Crippen LogP contribution in [0.5, 0.6) is 5.75 Å². The lowest BCUT2D eigenvalue weighted by atomic mass is 9.62. The molecule has 0 unspecified atom stereocenters. The molecular formula is C26H30FN2O3+. The zero-order chi connectivity index (χ0) is 23.4. The minimum absolute atomic E-state index is 0.0172. The van der Waals surface area contributed by atoms with Crippen molar-refractivity contribution >= 4 is 12.2 Å². The Morgan fingerprint density at radius 3 is 2.31 bits per heavy atom. The first-order valence-corrected chi connectivity index (χ1v) is 10.8. The molecule has 0 bridgehead atoms. The fraction of sp³-hybridized carbons (Fsp3) is 0.385. The number of hydrogen-bond acceptors (Lipinski definition) is 3. The van der Waals surface area contributed by atoms with Crippen LogP contribution in [0.1, 0.15) is 62.8 Å². The zero-order valence-electron chi connectivity index (χ0n) is 19.5. The van der Waals surface area contributed by atoms with Gasteiger partial charge in [-0.15, -0.1) is 0 Å². The molecule has 0 fully saturated rings. The first-order chi connectivity index (χ1) is 14.9. The highest BCUT2D eigenvalue weighted by Gasteiger charge is 2.38. The Hall–Kier alpha value is -3.15. The van der Waals surface area contributed by atoms with E-state index in [2.05, 4.69) is 45.1 Å². The topological polar surface area (TPSA) is 61.6 Å². The summed E-state index contributed by atoms with van der Waals surface area (Å²) in [4.78, 5) is 11.9. The molecule has 5 nitrogen and oxygen atoms in total. The van der Waals surface area contributed by atoms with Gasteiger partial charge in [-0.1, -0.05) is 33.8 Å². The van der Waals surface area contributed by atoms with Gasteiger partial charge in [-0.3, -0.25) is 0 Å². The number of urea groups is 1. The number of carbonyl (C=O) groups excluding carboxylic acids is 1. The molecule has 0 atom stereocenters. The number of rotatable bonds is 3. The summed E-state index contributed by atoms with van der Waals surface area (Å²) in [6.45, 7) is 11.0. The molecule has 0 radical (unpaired) electrons. The van der Waals surface area contributed by atoms with E-state index in [1.165, 1.54) is 30.7 Å². The van der Waals surface area contributed by atoms with E-state index in [9.17, 15) is 9.90 Å². The second kappa shape index (κ2) is 7.47. The molecular weight excluding hydrogens is 407 g/mol. The number of ether oxygens (including phenoxy) is 1. The summed E-state index contributed by atoms with van der Waals surface area (Å²) >= 11 is 0. The summed E-state index contributed by atoms with van der Waals surface area (Å²) < 4.78 is 22.5. The van der Waals surface area contributed by atoms with Gasteiger partial charge in [-0.2, -0.15) is 14.7 Å². The van der Waals surface area contributed by atoms with Crippen LogP contribution in [0.25, 0.3) is 11.1 Å². The van der Waals surface area contributed by atoms with Gasteiger partial charge in [0.25, 0.3) is 0 Å². The predicted molar refractivity (Wildman–Crippen MR) is 123 cm³/mol. The standard InChI is InChI=1S/C26H29FN2O3/c1-15-11-18-19(26(4,5)10-9-25(18,2)3)12-17(15)22-20(32-6)8-7-16(23(22)27)13-29-14-21(30)28-24(29)31/h7-8,11-14H,9-10H2,1-6H3,(H-,28,30,31)/p+1. The fourth-order valence-electron chi connectivity index (χ4n) is 4.73. The molecule has 32 heavy (non-hydrogen) atoms. The molecule has 4 rings (SSSR count). The van der Waals surface area contributed by atoms with E-state index in [0.29, 0.717) is 11.3 Å². The van der Waals surface area contributed by atoms with E-state index in [1.807, 2.05) is 6.92 Å². The van der Waals surface area contributed by atoms with Crippen molar-refractivity contribution in [3.05, 3.63) is 64.4 Å². The van der Waals surface area contributed by atoms with Gasteiger partial charge in [0.05, 0.1) is 18.2 Å². The number of halogens is 1. The van der Waals surface area contributed by atoms with Crippen molar-refractivity contribution < 1.29 is 23.6 Å². The quantitative estimate of drug-likeness (QED) is 0.608. The van der Waals surface area contributed by atoms with Gasteiger partial charge in [0.2, 0.25) is 0 Å². The fourth-order valence-corrected chi connectivity index (χ4v) is 4.73. The minimum atomic E-state index is -0.548. The monoisotopic (exact) mass is 437 g/mol. The number of benzene rings is 2. The number of fused-ring (bicyclic) bond motifs is 1. The molecule has 1 heterocycles. The van der Waals surface area contributed by atoms with Crippen LogP contribution in [0.2, 0.25) is 0 Å². The van der Waals surface area contributed by atoms with Crippen LogP contribution in [0.3, 0.4) is 0 Å². The number of carbonyl (C=O) groups is 1. The SMILES string of the molecule is COc1ccc(C=[N+]2C=C(O)NC2=O)c(F)c1-c1cc2c(cc1C)C(C)(C)CCC2(C)C. The zero-order valence-corrected chi connectivity index (χ0v) is 19.5. The molecule has 168 valence electrons. The molecule has 2 N–H and O–H groups in total. The minimum Gasteiger partial charge on any atom is -0.496 e. The number of aliphatic hydroxyl groups excluding tert-OH is 1. The van der Waals surface area contributed by atoms with Gasteiger partial charge >= 0.3 is 11.9 Å². The number of nitrogens with one attached hydrogen (secondary N) is 1. The van der Waals surface area contributed by atoms with Crippen LogP contribution >= 0.6 is 0 Å². The Labute approximate surface area is 188 Å². The normalized spacial score (nSPS) is 20.0. The van der Waals surface area contributed by atoms with Crippen LogP contribution in [0.4, 0.5) is 9.18 Å². The second-order valence-corrected chi connectivity index (χ2v) is 10.0. The van der Waals surface area contributed by atoms with E-state index in [1.54, 1.807) is 12.1 Å². The maximum atomic E-state index is 15.9. The van der Waals surface area contributed by atoms with E-state index in [4.69, 9.17) is 4.74 Å². The summed E-state index contributed by atoms with van der Waals surface area (Å²) in [5, 5.41) is 11.8. The summed E-state index contributed by atoms with van der Waals surface area (Å²) in [6, 6.07) is 7.03. The Balaban J connectivity index is 1.94. The summed E-state index contributed by atoms with van der Waals surface area (Å²) in [6.07, 6.45) is 4.73. The molecule has 2 aliphatic rings. The summed E-state index contributed by atoms with van der Waals surface area (Å²) in [5.41, 5.74) is 4.93. The Morgan fingerprint density at radius 1 is 1.12 bits per heavy atom. The third-order valence-electron chi connectivity index (χ3n) is 6.83. The highest BCUT2D eigenvalue weighted by molar-refractivity contribution is 5.87. The Morgan fingerprint density at radius 2 is 1.75 bits per heavy atom. The average Bonchev–Trinajstić information content (AvgIpc) is 3.04. The van der Waals surface area contributed by atoms with Crippen LogP contribution in [0.15, 0.2) is 36.3 Å². The van der Waals surface area contributed by atoms with Crippen LogP contribution in [-0.4, -0.2) is 29.0 Å². The summed E-state index contributed by atoms with van der Waals surface area (Å²) in [5.74, 6) is -0.330. The molecule has 1 aliphatic carbocycles. The van der Waals surface area contributed by atoms with Crippen LogP contribution in [-0.2, 0) is 10.8 Å². The van der Waals surface area contributed by atoms with E-state index >= 15 is 4.39 Å². The first kappa shape index (κ1) is 22.1. The van der Waals surface area contributed by atoms with E-state index in [-0.39, 0.29) is 22.3 Å². The van der Waals surface area contributed by atoms with Crippen molar-refractivity contribution in [1.29, 1.82) is 0 Å². The van der Waals surface area contributed by atoms with Crippen LogP contribution in [0, 0.1) is 12.7 Å². The molecule has 2 amide bonds. The number of aliphatic hydroxyl groups is 1. The van der Waals surface area contributed by atoms with Gasteiger partial charge in [0, 0.05) is 0 Å². The van der Waals surface area contributed by atoms with Crippen molar-refractivity contribution in [1.82, 2.24) is 5.32 Å². The number of hydrogen-bond donors (Lipinski definition) is 2. The van der Waals surface area contributed by atoms with E-state index in [0.717, 1.165) is 28.5 Å². The highest BCUT2D eigenvalue weighted by atomic mass is 19.1. The van der Waals surface area contributed by atoms with Gasteiger partial charge in [0.15, 0.2) is 6.20 Å². The van der Waals surface area contributed by atoms with E-state index < -0.39 is 11.8 Å². The maximum Gasteiger partial charge on any atom is 0.503 e. The molecule has 6 heteroatoms. The van der Waals surface area contributed by atoms with Gasteiger partial charge in [-0.05, 0) is 71.0 Å². The number of nitrogens with zero attached hydrogens (tertiary/aromatic N) is 1. The highest BCUT2D eigenvalue weighted by Crippen LogP contribution is 2.48. The number of amides is 2. The number of methoxy groups -OCH3 is 1. The maximum absolute atomic E-state index is 15.9. The Bertz CT molecular complexity index is 1190. The molecule has 2 aromatic carbocycles. The summed E-state index contributed by atoms with van der Waals surface area (Å²) in [7, 11) is 1.52. The lowest BCUT2D eigenvalue weighted by Gasteiger charge is -2.42. The lowest BCUT2D eigenvalue weighted by molar-refractivity contribution is -0.336. The van der Waals surface area contributed by atoms with Crippen molar-refractivity contribution in [3.8, 4) is 16.9 Å². The van der Waals surface area contributed by atoms with Crippen LogP contribution < -0.4 is 10.1 Å².